The molecule has 2 unspecified atom stereocenters. The van der Waals surface area contributed by atoms with Crippen LogP contribution in [0.25, 0.3) is 0 Å². The Morgan fingerprint density at radius 2 is 2.03 bits per heavy atom. The Balaban J connectivity index is 1.60. The van der Waals surface area contributed by atoms with Crippen LogP contribution in [0.3, 0.4) is 0 Å². The highest BCUT2D eigenvalue weighted by Crippen LogP contribution is 2.15. The Morgan fingerprint density at radius 1 is 1.21 bits per heavy atom. The minimum atomic E-state index is -2.07. The number of nitrogens with zero attached hydrogens (tertiary/aromatic N) is 1. The summed E-state index contributed by atoms with van der Waals surface area (Å²) >= 11 is 0. The van der Waals surface area contributed by atoms with Gasteiger partial charge in [-0.3, -0.25) is 20.7 Å². The quantitative estimate of drug-likeness (QED) is 0.185. The number of benzene rings is 1. The minimum Gasteiger partial charge on any atom is -0.478 e. The van der Waals surface area contributed by atoms with Crippen molar-refractivity contribution in [1.82, 2.24) is 26.6 Å². The molecule has 0 aromatic heterocycles. The molecule has 2 aliphatic heterocycles. The van der Waals surface area contributed by atoms with E-state index in [-0.39, 0.29) is 38.1 Å². The number of carboxylic acid groups (broad SMARTS) is 1. The van der Waals surface area contributed by atoms with Crippen LogP contribution in [0.1, 0.15) is 31.2 Å². The smallest absolute Gasteiger partial charge is 0.409 e. The highest BCUT2D eigenvalue weighted by Gasteiger charge is 2.43. The van der Waals surface area contributed by atoms with Crippen LogP contribution < -0.4 is 26.6 Å². The van der Waals surface area contributed by atoms with Crippen molar-refractivity contribution in [2.75, 3.05) is 19.7 Å². The largest absolute Gasteiger partial charge is 0.478 e. The van der Waals surface area contributed by atoms with E-state index in [4.69, 9.17) is 9.57 Å². The lowest BCUT2D eigenvalue weighted by Crippen LogP contribution is -2.66. The van der Waals surface area contributed by atoms with Crippen LogP contribution in [-0.2, 0) is 25.8 Å². The Bertz CT molecular complexity index is 908. The van der Waals surface area contributed by atoms with Crippen molar-refractivity contribution in [1.29, 1.82) is 0 Å². The zero-order chi connectivity index (χ0) is 24.2. The van der Waals surface area contributed by atoms with Gasteiger partial charge in [-0.25, -0.2) is 9.59 Å². The molecule has 6 N–H and O–H groups in total. The van der Waals surface area contributed by atoms with Gasteiger partial charge in [0.05, 0.1) is 0 Å². The molecule has 0 radical (unpaired) electrons. The van der Waals surface area contributed by atoms with Crippen LogP contribution in [0.2, 0.25) is 0 Å². The van der Waals surface area contributed by atoms with E-state index in [0.29, 0.717) is 19.4 Å². The Hall–Kier alpha value is -3.64. The van der Waals surface area contributed by atoms with Crippen LogP contribution in [0, 0.1) is 0 Å². The minimum absolute atomic E-state index is 0.0450. The zero-order valence-corrected chi connectivity index (χ0v) is 18.7. The van der Waals surface area contributed by atoms with Gasteiger partial charge in [-0.05, 0) is 31.1 Å². The summed E-state index contributed by atoms with van der Waals surface area (Å²) in [6.45, 7) is 1.51. The van der Waals surface area contributed by atoms with Gasteiger partial charge in [0.1, 0.15) is 25.2 Å². The van der Waals surface area contributed by atoms with E-state index >= 15 is 0 Å². The maximum absolute atomic E-state index is 12.6. The van der Waals surface area contributed by atoms with Crippen molar-refractivity contribution in [3.8, 4) is 0 Å². The van der Waals surface area contributed by atoms with E-state index < -0.39 is 23.6 Å². The van der Waals surface area contributed by atoms with E-state index in [0.717, 1.165) is 12.1 Å². The number of rotatable bonds is 12. The second-order valence-electron chi connectivity index (χ2n) is 7.79. The predicted octanol–water partition coefficient (Wildman–Crippen LogP) is 0.336. The van der Waals surface area contributed by atoms with Crippen LogP contribution >= 0.6 is 0 Å². The molecule has 0 saturated heterocycles. The van der Waals surface area contributed by atoms with Crippen molar-refractivity contribution >= 4 is 23.7 Å². The first-order valence-corrected chi connectivity index (χ1v) is 11.1. The first kappa shape index (κ1) is 25.0. The molecular weight excluding hydrogens is 444 g/mol. The third-order valence-electron chi connectivity index (χ3n) is 5.23. The van der Waals surface area contributed by atoms with Crippen LogP contribution in [-0.4, -0.2) is 60.4 Å². The van der Waals surface area contributed by atoms with Crippen molar-refractivity contribution in [2.45, 2.75) is 44.2 Å². The molecule has 2 amide bonds. The van der Waals surface area contributed by atoms with Crippen molar-refractivity contribution in [3.63, 3.8) is 0 Å². The number of ether oxygens (including phenoxy) is 1. The maximum atomic E-state index is 12.6. The summed E-state index contributed by atoms with van der Waals surface area (Å²) < 4.78 is 5.19. The molecule has 34 heavy (non-hydrogen) atoms. The molecule has 3 rings (SSSR count). The summed E-state index contributed by atoms with van der Waals surface area (Å²) in [6.07, 6.45) is 3.93. The highest BCUT2D eigenvalue weighted by atomic mass is 16.6. The molecule has 2 heterocycles. The molecule has 2 atom stereocenters. The number of oxime groups is 1. The average molecular weight is 475 g/mol. The lowest BCUT2D eigenvalue weighted by Gasteiger charge is -2.31. The van der Waals surface area contributed by atoms with Gasteiger partial charge in [-0.2, -0.15) is 0 Å². The number of amides is 2. The Kier molecular flexibility index (Phi) is 9.23. The monoisotopic (exact) mass is 474 g/mol. The molecule has 0 spiro atoms. The van der Waals surface area contributed by atoms with Crippen molar-refractivity contribution in [2.24, 2.45) is 5.16 Å². The molecule has 2 aliphatic rings. The molecule has 184 valence electrons. The lowest BCUT2D eigenvalue weighted by atomic mass is 10.0. The summed E-state index contributed by atoms with van der Waals surface area (Å²) in [7, 11) is 0. The number of hydrogen-bond donors (Lipinski definition) is 6. The van der Waals surface area contributed by atoms with Crippen molar-refractivity contribution < 1.29 is 29.1 Å². The van der Waals surface area contributed by atoms with E-state index in [1.807, 2.05) is 18.3 Å². The van der Waals surface area contributed by atoms with Crippen LogP contribution in [0.5, 0.6) is 0 Å². The van der Waals surface area contributed by atoms with Gasteiger partial charge < -0.3 is 25.3 Å². The number of hydrogen-bond acceptors (Lipinski definition) is 9. The maximum Gasteiger partial charge on any atom is 0.409 e. The fourth-order valence-electron chi connectivity index (χ4n) is 3.40. The second kappa shape index (κ2) is 12.6. The number of carbonyl (C=O) groups is 3. The average Bonchev–Trinajstić information content (AvgIpc) is 3.39. The van der Waals surface area contributed by atoms with Crippen LogP contribution in [0.4, 0.5) is 4.79 Å². The topological polar surface area (TPSA) is 162 Å². The summed E-state index contributed by atoms with van der Waals surface area (Å²) in [4.78, 5) is 42.2. The number of aliphatic carboxylic acids is 1. The summed E-state index contributed by atoms with van der Waals surface area (Å²) in [6, 6.07) is 8.97. The summed E-state index contributed by atoms with van der Waals surface area (Å²) in [5, 5.41) is 28.0. The normalized spacial score (nSPS) is 18.6. The van der Waals surface area contributed by atoms with Gasteiger partial charge in [0.15, 0.2) is 0 Å². The van der Waals surface area contributed by atoms with Gasteiger partial charge in [-0.1, -0.05) is 41.6 Å². The van der Waals surface area contributed by atoms with Crippen LogP contribution in [0.15, 0.2) is 47.8 Å². The first-order chi connectivity index (χ1) is 16.5. The highest BCUT2D eigenvalue weighted by molar-refractivity contribution is 6.39. The number of alkyl carbamates (subject to hydrolysis) is 1. The molecule has 0 aliphatic carbocycles. The molecule has 1 aromatic rings. The third kappa shape index (κ3) is 7.46. The summed E-state index contributed by atoms with van der Waals surface area (Å²) in [5.74, 6) is -2.13. The van der Waals surface area contributed by atoms with Gasteiger partial charge in [0.2, 0.25) is 5.66 Å². The fraction of sp³-hybridized carbons (Fsp3) is 0.455. The molecular formula is C22H30N6O6. The first-order valence-electron chi connectivity index (χ1n) is 11.1. The van der Waals surface area contributed by atoms with E-state index in [2.05, 4.69) is 31.7 Å². The molecule has 12 heteroatoms. The van der Waals surface area contributed by atoms with Crippen molar-refractivity contribution in [3.05, 3.63) is 48.2 Å². The number of unbranched alkanes of at least 4 members (excludes halogenated alkanes) is 1. The number of nitrogens with one attached hydrogen (secondary N) is 5. The fourth-order valence-corrected chi connectivity index (χ4v) is 3.40. The lowest BCUT2D eigenvalue weighted by molar-refractivity contribution is -0.148. The second-order valence-corrected chi connectivity index (χ2v) is 7.79. The molecule has 12 nitrogen and oxygen atoms in total. The van der Waals surface area contributed by atoms with E-state index in [1.54, 1.807) is 24.3 Å². The number of carboxylic acids is 1. The molecule has 0 bridgehead atoms. The third-order valence-corrected chi connectivity index (χ3v) is 5.23. The SMILES string of the molecule is O=C(NC(CCCCNC1NC=CCN1)(NC(=O)C1=NOCC1)C(=O)O)OCc1ccccc1. The Morgan fingerprint density at radius 3 is 2.71 bits per heavy atom. The molecule has 0 fully saturated rings. The Labute approximate surface area is 197 Å². The van der Waals surface area contributed by atoms with E-state index in [1.165, 1.54) is 0 Å². The van der Waals surface area contributed by atoms with Gasteiger partial charge in [0.25, 0.3) is 5.91 Å². The molecule has 0 saturated carbocycles. The summed E-state index contributed by atoms with van der Waals surface area (Å²) in [5.41, 5.74) is -1.26. The van der Waals surface area contributed by atoms with Gasteiger partial charge >= 0.3 is 12.1 Å². The van der Waals surface area contributed by atoms with E-state index in [9.17, 15) is 19.5 Å². The van der Waals surface area contributed by atoms with Gasteiger partial charge in [-0.15, -0.1) is 0 Å². The number of carbonyl (C=O) groups excluding carboxylic acids is 2. The zero-order valence-electron chi connectivity index (χ0n) is 18.7. The standard InChI is InChI=1S/C22H30N6O6/c29-18(17-9-14-34-28-17)26-22(19(30)31,10-4-5-11-23-20-24-12-6-13-25-20)27-21(32)33-15-16-7-2-1-3-8-16/h1-3,6-8,12,20,23-25H,4-5,9-11,13-15H2,(H,26,29)(H,27,32)(H,30,31). The molecule has 1 aromatic carbocycles. The predicted molar refractivity (Wildman–Crippen MR) is 122 cm³/mol. The van der Waals surface area contributed by atoms with Gasteiger partial charge in [0, 0.05) is 19.4 Å².